The summed E-state index contributed by atoms with van der Waals surface area (Å²) in [5.41, 5.74) is 1.01. The van der Waals surface area contributed by atoms with Gasteiger partial charge in [-0.15, -0.1) is 0 Å². The van der Waals surface area contributed by atoms with Gasteiger partial charge in [-0.1, -0.05) is 55.1 Å². The van der Waals surface area contributed by atoms with Crippen molar-refractivity contribution in [2.24, 2.45) is 5.92 Å². The van der Waals surface area contributed by atoms with Crippen molar-refractivity contribution in [3.63, 3.8) is 0 Å². The highest BCUT2D eigenvalue weighted by Gasteiger charge is 2.39. The maximum absolute atomic E-state index is 14.2. The summed E-state index contributed by atoms with van der Waals surface area (Å²) in [5.74, 6) is -1.48. The second-order valence-electron chi connectivity index (χ2n) is 5.33. The maximum Gasteiger partial charge on any atom is 0.319 e. The van der Waals surface area contributed by atoms with E-state index in [1.165, 1.54) is 6.07 Å². The summed E-state index contributed by atoms with van der Waals surface area (Å²) in [4.78, 5) is 24.6. The van der Waals surface area contributed by atoms with Crippen LogP contribution in [0.2, 0.25) is 0 Å². The molecule has 3 rings (SSSR count). The molecule has 0 spiro atoms. The van der Waals surface area contributed by atoms with E-state index in [4.69, 9.17) is 0 Å². The first-order valence-corrected chi connectivity index (χ1v) is 7.18. The van der Waals surface area contributed by atoms with E-state index in [0.29, 0.717) is 5.56 Å². The highest BCUT2D eigenvalue weighted by atomic mass is 19.1. The Kier molecular flexibility index (Phi) is 3.93. The Bertz CT molecular complexity index is 774. The summed E-state index contributed by atoms with van der Waals surface area (Å²) in [6, 6.07) is 13.5. The highest BCUT2D eigenvalue weighted by Crippen LogP contribution is 2.33. The minimum atomic E-state index is -0.801. The van der Waals surface area contributed by atoms with Crippen molar-refractivity contribution in [1.29, 1.82) is 0 Å². The molecule has 0 radical (unpaired) electrons. The quantitative estimate of drug-likeness (QED) is 0.855. The van der Waals surface area contributed by atoms with Gasteiger partial charge in [-0.2, -0.15) is 0 Å². The summed E-state index contributed by atoms with van der Waals surface area (Å²) in [6.45, 7) is 3.78. The van der Waals surface area contributed by atoms with Crippen LogP contribution < -0.4 is 10.6 Å². The third-order valence-electron chi connectivity index (χ3n) is 3.85. The number of ketones is 1. The van der Waals surface area contributed by atoms with Gasteiger partial charge in [0.1, 0.15) is 5.82 Å². The molecule has 2 amide bonds. The Morgan fingerprint density at radius 3 is 2.39 bits per heavy atom. The van der Waals surface area contributed by atoms with Gasteiger partial charge in [-0.25, -0.2) is 9.18 Å². The molecule has 1 heterocycles. The molecular weight excluding hydrogens is 295 g/mol. The number of carbonyl (C=O) groups excluding carboxylic acids is 2. The number of Topliss-reactive ketones (excluding diaryl/α,β-unsaturated/α-hetero) is 1. The Hall–Kier alpha value is -2.95. The van der Waals surface area contributed by atoms with Crippen LogP contribution in [0.5, 0.6) is 0 Å². The van der Waals surface area contributed by atoms with E-state index in [9.17, 15) is 14.0 Å². The highest BCUT2D eigenvalue weighted by molar-refractivity contribution is 6.01. The van der Waals surface area contributed by atoms with Gasteiger partial charge in [0.15, 0.2) is 5.78 Å². The number of benzene rings is 2. The predicted molar refractivity (Wildman–Crippen MR) is 84.2 cm³/mol. The molecule has 116 valence electrons. The lowest BCUT2D eigenvalue weighted by atomic mass is 9.83. The minimum absolute atomic E-state index is 0.226. The molecule has 0 aromatic heterocycles. The van der Waals surface area contributed by atoms with Gasteiger partial charge in [-0.3, -0.25) is 4.79 Å². The van der Waals surface area contributed by atoms with Gasteiger partial charge in [-0.05, 0) is 6.07 Å². The van der Waals surface area contributed by atoms with E-state index < -0.39 is 23.8 Å². The van der Waals surface area contributed by atoms with Crippen LogP contribution >= 0.6 is 0 Å². The molecule has 0 saturated carbocycles. The molecule has 2 aromatic rings. The molecule has 2 aromatic carbocycles. The molecule has 2 atom stereocenters. The fraction of sp³-hybridized carbons (Fsp3) is 0.111. The molecule has 2 N–H and O–H groups in total. The average molecular weight is 310 g/mol. The van der Waals surface area contributed by atoms with Crippen LogP contribution in [0.1, 0.15) is 22.0 Å². The Balaban J connectivity index is 2.04. The number of urea groups is 1. The van der Waals surface area contributed by atoms with Crippen LogP contribution in [-0.2, 0) is 0 Å². The van der Waals surface area contributed by atoms with E-state index in [-0.39, 0.29) is 17.0 Å². The molecule has 0 bridgehead atoms. The number of hydrogen-bond acceptors (Lipinski definition) is 2. The van der Waals surface area contributed by atoms with Gasteiger partial charge in [0.2, 0.25) is 0 Å². The smallest absolute Gasteiger partial charge is 0.319 e. The fourth-order valence-corrected chi connectivity index (χ4v) is 2.76. The van der Waals surface area contributed by atoms with Crippen LogP contribution in [0, 0.1) is 11.7 Å². The Morgan fingerprint density at radius 1 is 1.04 bits per heavy atom. The average Bonchev–Trinajstić information content (AvgIpc) is 2.55. The number of rotatable bonds is 3. The zero-order valence-corrected chi connectivity index (χ0v) is 12.3. The van der Waals surface area contributed by atoms with Crippen LogP contribution in [0.3, 0.4) is 0 Å². The van der Waals surface area contributed by atoms with Gasteiger partial charge in [0.05, 0.1) is 12.0 Å². The van der Waals surface area contributed by atoms with Crippen LogP contribution in [0.25, 0.3) is 0 Å². The van der Waals surface area contributed by atoms with Crippen molar-refractivity contribution in [2.75, 3.05) is 0 Å². The summed E-state index contributed by atoms with van der Waals surface area (Å²) < 4.78 is 14.2. The molecule has 23 heavy (non-hydrogen) atoms. The molecule has 0 aliphatic carbocycles. The van der Waals surface area contributed by atoms with Crippen molar-refractivity contribution in [3.8, 4) is 0 Å². The summed E-state index contributed by atoms with van der Waals surface area (Å²) >= 11 is 0. The topological polar surface area (TPSA) is 58.2 Å². The summed E-state index contributed by atoms with van der Waals surface area (Å²) in [7, 11) is 0. The summed E-state index contributed by atoms with van der Waals surface area (Å²) in [6.07, 6.45) is 0. The molecule has 1 aliphatic heterocycles. The first-order chi connectivity index (χ1) is 11.1. The van der Waals surface area contributed by atoms with Crippen LogP contribution in [0.4, 0.5) is 9.18 Å². The van der Waals surface area contributed by atoms with Gasteiger partial charge in [0, 0.05) is 16.8 Å². The Morgan fingerprint density at radius 2 is 1.70 bits per heavy atom. The molecule has 1 saturated heterocycles. The second kappa shape index (κ2) is 6.04. The number of nitrogens with one attached hydrogen (secondary N) is 2. The predicted octanol–water partition coefficient (Wildman–Crippen LogP) is 3.19. The van der Waals surface area contributed by atoms with E-state index in [1.54, 1.807) is 48.5 Å². The largest absolute Gasteiger partial charge is 0.330 e. The molecule has 1 fully saturated rings. The number of hydrogen-bond donors (Lipinski definition) is 2. The lowest BCUT2D eigenvalue weighted by molar-refractivity contribution is 0.0904. The lowest BCUT2D eigenvalue weighted by Gasteiger charge is -2.34. The molecule has 5 heteroatoms. The first-order valence-electron chi connectivity index (χ1n) is 7.18. The standard InChI is InChI=1S/C18H15FN2O2/c1-11-15(17(22)12-7-3-2-4-8-12)16(21-18(23)20-11)13-9-5-6-10-14(13)19/h2-10,15-16H,1H2,(H2,20,21,23)/t15-,16-/m1/s1. The monoisotopic (exact) mass is 310 g/mol. The molecule has 1 aliphatic rings. The second-order valence-corrected chi connectivity index (χ2v) is 5.33. The number of halogens is 1. The molecule has 0 unspecified atom stereocenters. The van der Waals surface area contributed by atoms with E-state index in [0.717, 1.165) is 0 Å². The van der Waals surface area contributed by atoms with Crippen LogP contribution in [0.15, 0.2) is 66.9 Å². The normalized spacial score (nSPS) is 20.6. The fourth-order valence-electron chi connectivity index (χ4n) is 2.76. The van der Waals surface area contributed by atoms with Crippen molar-refractivity contribution in [3.05, 3.63) is 83.8 Å². The Labute approximate surface area is 133 Å². The van der Waals surface area contributed by atoms with Gasteiger partial charge < -0.3 is 10.6 Å². The molecular formula is C18H15FN2O2. The van der Waals surface area contributed by atoms with Gasteiger partial charge >= 0.3 is 6.03 Å². The maximum atomic E-state index is 14.2. The lowest BCUT2D eigenvalue weighted by Crippen LogP contribution is -2.51. The first kappa shape index (κ1) is 15.0. The number of amides is 2. The zero-order chi connectivity index (χ0) is 16.4. The zero-order valence-electron chi connectivity index (χ0n) is 12.3. The van der Waals surface area contributed by atoms with E-state index in [1.807, 2.05) is 0 Å². The molecule has 4 nitrogen and oxygen atoms in total. The van der Waals surface area contributed by atoms with E-state index >= 15 is 0 Å². The SMILES string of the molecule is C=C1NC(=O)N[C@H](c2ccccc2F)[C@@H]1C(=O)c1ccccc1. The van der Waals surface area contributed by atoms with E-state index in [2.05, 4.69) is 17.2 Å². The van der Waals surface area contributed by atoms with Gasteiger partial charge in [0.25, 0.3) is 0 Å². The van der Waals surface area contributed by atoms with Crippen molar-refractivity contribution in [1.82, 2.24) is 10.6 Å². The third kappa shape index (κ3) is 2.85. The van der Waals surface area contributed by atoms with Crippen molar-refractivity contribution >= 4 is 11.8 Å². The van der Waals surface area contributed by atoms with Crippen molar-refractivity contribution < 1.29 is 14.0 Å². The van der Waals surface area contributed by atoms with Crippen LogP contribution in [-0.4, -0.2) is 11.8 Å². The third-order valence-corrected chi connectivity index (χ3v) is 3.85. The van der Waals surface area contributed by atoms with Crippen molar-refractivity contribution in [2.45, 2.75) is 6.04 Å². The minimum Gasteiger partial charge on any atom is -0.330 e. The summed E-state index contributed by atoms with van der Waals surface area (Å²) in [5, 5.41) is 5.14. The number of carbonyl (C=O) groups is 2.